The summed E-state index contributed by atoms with van der Waals surface area (Å²) >= 11 is 0. The van der Waals surface area contributed by atoms with Crippen molar-refractivity contribution in [2.45, 2.75) is 25.8 Å². The Balaban J connectivity index is 1.42. The molecule has 35 heavy (non-hydrogen) atoms. The molecule has 180 valence electrons. The maximum absolute atomic E-state index is 14.6. The molecule has 1 aliphatic heterocycles. The van der Waals surface area contributed by atoms with E-state index in [1.807, 2.05) is 0 Å². The van der Waals surface area contributed by atoms with Crippen LogP contribution in [-0.4, -0.2) is 41.9 Å². The zero-order valence-electron chi connectivity index (χ0n) is 17.8. The number of halogens is 5. The normalized spacial score (nSPS) is 13.8. The van der Waals surface area contributed by atoms with E-state index >= 15 is 0 Å². The van der Waals surface area contributed by atoms with E-state index in [1.165, 1.54) is 33.8 Å². The van der Waals surface area contributed by atoms with E-state index in [9.17, 15) is 31.5 Å². The Hall–Kier alpha value is -4.16. The number of nitrogens with zero attached hydrogens (tertiary/aromatic N) is 6. The minimum atomic E-state index is -4.68. The lowest BCUT2D eigenvalue weighted by molar-refractivity contribution is -0.147. The van der Waals surface area contributed by atoms with Crippen LogP contribution < -0.4 is 5.43 Å². The summed E-state index contributed by atoms with van der Waals surface area (Å²) in [5, 5.41) is 10.9. The van der Waals surface area contributed by atoms with Crippen LogP contribution in [0.15, 0.2) is 47.4 Å². The summed E-state index contributed by atoms with van der Waals surface area (Å²) in [6, 6.07) is 7.51. The van der Waals surface area contributed by atoms with E-state index in [1.54, 1.807) is 0 Å². The Morgan fingerprint density at radius 3 is 2.60 bits per heavy atom. The first-order valence-electron chi connectivity index (χ1n) is 10.3. The summed E-state index contributed by atoms with van der Waals surface area (Å²) in [5.74, 6) is -3.30. The predicted molar refractivity (Wildman–Crippen MR) is 111 cm³/mol. The standard InChI is InChI=1S/C22H15F5N6O2/c23-13-2-4-17-15(8-13)18(34)9-28-33(17)10-12-1-3-16(24)14(7-12)20(35)31-5-6-32-19(11-31)29-30-21(32)22(25,26)27/h1-4,7-9H,5-6,10-11H2. The molecule has 0 N–H and O–H groups in total. The third-order valence-corrected chi connectivity index (χ3v) is 5.70. The van der Waals surface area contributed by atoms with E-state index in [4.69, 9.17) is 0 Å². The van der Waals surface area contributed by atoms with Gasteiger partial charge in [0.25, 0.3) is 5.91 Å². The number of benzene rings is 2. The first-order valence-corrected chi connectivity index (χ1v) is 10.3. The Labute approximate surface area is 193 Å². The molecule has 13 heteroatoms. The first kappa shape index (κ1) is 22.6. The third-order valence-electron chi connectivity index (χ3n) is 5.70. The van der Waals surface area contributed by atoms with Gasteiger partial charge in [0, 0.05) is 13.1 Å². The fraction of sp³-hybridized carbons (Fsp3) is 0.227. The van der Waals surface area contributed by atoms with E-state index < -0.39 is 35.0 Å². The van der Waals surface area contributed by atoms with E-state index in [-0.39, 0.29) is 43.0 Å². The van der Waals surface area contributed by atoms with Gasteiger partial charge < -0.3 is 9.47 Å². The summed E-state index contributed by atoms with van der Waals surface area (Å²) in [4.78, 5) is 26.3. The quantitative estimate of drug-likeness (QED) is 0.413. The summed E-state index contributed by atoms with van der Waals surface area (Å²) in [7, 11) is 0. The predicted octanol–water partition coefficient (Wildman–Crippen LogP) is 2.99. The molecule has 0 saturated heterocycles. The molecule has 4 aromatic rings. The number of hydrogen-bond donors (Lipinski definition) is 0. The van der Waals surface area contributed by atoms with Gasteiger partial charge >= 0.3 is 6.18 Å². The number of rotatable bonds is 3. The Morgan fingerprint density at radius 1 is 1.03 bits per heavy atom. The highest BCUT2D eigenvalue weighted by atomic mass is 19.4. The summed E-state index contributed by atoms with van der Waals surface area (Å²) < 4.78 is 69.6. The molecule has 0 unspecified atom stereocenters. The summed E-state index contributed by atoms with van der Waals surface area (Å²) in [6.45, 7) is -0.489. The molecule has 0 spiro atoms. The highest BCUT2D eigenvalue weighted by Gasteiger charge is 2.40. The SMILES string of the molecule is O=C(c1cc(Cn2ncc(=O)c3cc(F)ccc32)ccc1F)N1CCn2c(nnc2C(F)(F)F)C1. The van der Waals surface area contributed by atoms with Gasteiger partial charge in [0.2, 0.25) is 11.3 Å². The zero-order valence-corrected chi connectivity index (χ0v) is 17.8. The van der Waals surface area contributed by atoms with Gasteiger partial charge in [-0.3, -0.25) is 14.3 Å². The molecule has 1 amide bonds. The number of carbonyl (C=O) groups is 1. The summed E-state index contributed by atoms with van der Waals surface area (Å²) in [5.41, 5.74) is 0.0863. The second kappa shape index (κ2) is 8.25. The fourth-order valence-electron chi connectivity index (χ4n) is 4.03. The van der Waals surface area contributed by atoms with Gasteiger partial charge in [0.1, 0.15) is 11.6 Å². The Bertz CT molecular complexity index is 1530. The van der Waals surface area contributed by atoms with E-state index in [0.29, 0.717) is 11.1 Å². The van der Waals surface area contributed by atoms with Gasteiger partial charge in [-0.1, -0.05) is 6.07 Å². The van der Waals surface area contributed by atoms with Gasteiger partial charge in [0.05, 0.1) is 35.8 Å². The van der Waals surface area contributed by atoms with E-state index in [2.05, 4.69) is 15.3 Å². The van der Waals surface area contributed by atoms with Crippen LogP contribution in [0.1, 0.15) is 27.6 Å². The highest BCUT2D eigenvalue weighted by molar-refractivity contribution is 5.94. The molecular formula is C22H15F5N6O2. The van der Waals surface area contributed by atoms with Gasteiger partial charge in [-0.05, 0) is 35.9 Å². The molecule has 2 aromatic carbocycles. The van der Waals surface area contributed by atoms with Gasteiger partial charge in [-0.25, -0.2) is 8.78 Å². The van der Waals surface area contributed by atoms with Crippen LogP contribution in [0.4, 0.5) is 22.0 Å². The van der Waals surface area contributed by atoms with Crippen molar-refractivity contribution < 1.29 is 26.7 Å². The Morgan fingerprint density at radius 2 is 1.83 bits per heavy atom. The average Bonchev–Trinajstić information content (AvgIpc) is 3.26. The summed E-state index contributed by atoms with van der Waals surface area (Å²) in [6.07, 6.45) is -3.64. The number of carbonyl (C=O) groups excluding carboxylic acids is 1. The molecule has 0 aliphatic carbocycles. The average molecular weight is 490 g/mol. The number of amides is 1. The monoisotopic (exact) mass is 490 g/mol. The Kier molecular flexibility index (Phi) is 5.33. The maximum Gasteiger partial charge on any atom is 0.451 e. The van der Waals surface area contributed by atoms with Crippen molar-refractivity contribution >= 4 is 16.8 Å². The van der Waals surface area contributed by atoms with Crippen LogP contribution in [0, 0.1) is 11.6 Å². The fourth-order valence-corrected chi connectivity index (χ4v) is 4.03. The molecule has 0 radical (unpaired) electrons. The van der Waals surface area contributed by atoms with Crippen LogP contribution in [-0.2, 0) is 25.8 Å². The molecule has 3 heterocycles. The van der Waals surface area contributed by atoms with Crippen molar-refractivity contribution in [3.05, 3.63) is 87.2 Å². The van der Waals surface area contributed by atoms with Gasteiger partial charge in [0.15, 0.2) is 5.82 Å². The number of aromatic nitrogens is 5. The maximum atomic E-state index is 14.6. The topological polar surface area (TPSA) is 85.9 Å². The largest absolute Gasteiger partial charge is 0.451 e. The molecule has 1 aliphatic rings. The van der Waals surface area contributed by atoms with Crippen molar-refractivity contribution in [2.24, 2.45) is 0 Å². The first-order chi connectivity index (χ1) is 16.6. The second-order valence-corrected chi connectivity index (χ2v) is 7.96. The lowest BCUT2D eigenvalue weighted by atomic mass is 10.1. The van der Waals surface area contributed by atoms with Gasteiger partial charge in [-0.2, -0.15) is 18.3 Å². The molecule has 8 nitrogen and oxygen atoms in total. The van der Waals surface area contributed by atoms with Crippen LogP contribution in [0.5, 0.6) is 0 Å². The lowest BCUT2D eigenvalue weighted by Gasteiger charge is -2.28. The zero-order chi connectivity index (χ0) is 24.9. The lowest BCUT2D eigenvalue weighted by Crippen LogP contribution is -2.39. The van der Waals surface area contributed by atoms with Gasteiger partial charge in [-0.15, -0.1) is 10.2 Å². The van der Waals surface area contributed by atoms with Crippen molar-refractivity contribution in [1.82, 2.24) is 29.4 Å². The smallest absolute Gasteiger partial charge is 0.329 e. The molecule has 0 atom stereocenters. The third kappa shape index (κ3) is 4.13. The van der Waals surface area contributed by atoms with Crippen LogP contribution >= 0.6 is 0 Å². The number of hydrogen-bond acceptors (Lipinski definition) is 5. The van der Waals surface area contributed by atoms with Crippen molar-refractivity contribution in [1.29, 1.82) is 0 Å². The van der Waals surface area contributed by atoms with Crippen molar-refractivity contribution in [3.8, 4) is 0 Å². The minimum absolute atomic E-state index is 0.0479. The van der Waals surface area contributed by atoms with E-state index in [0.717, 1.165) is 22.9 Å². The minimum Gasteiger partial charge on any atom is -0.329 e. The van der Waals surface area contributed by atoms with Crippen LogP contribution in [0.3, 0.4) is 0 Å². The second-order valence-electron chi connectivity index (χ2n) is 7.96. The number of alkyl halides is 3. The molecule has 0 bridgehead atoms. The molecule has 0 saturated carbocycles. The molecular weight excluding hydrogens is 475 g/mol. The van der Waals surface area contributed by atoms with Crippen molar-refractivity contribution in [2.75, 3.05) is 6.54 Å². The number of fused-ring (bicyclic) bond motifs is 2. The van der Waals surface area contributed by atoms with Crippen LogP contribution in [0.2, 0.25) is 0 Å². The molecule has 5 rings (SSSR count). The molecule has 2 aromatic heterocycles. The highest BCUT2D eigenvalue weighted by Crippen LogP contribution is 2.30. The molecule has 0 fully saturated rings. The van der Waals surface area contributed by atoms with Crippen molar-refractivity contribution in [3.63, 3.8) is 0 Å². The van der Waals surface area contributed by atoms with Crippen LogP contribution in [0.25, 0.3) is 10.9 Å².